The zero-order chi connectivity index (χ0) is 31.4. The third-order valence-corrected chi connectivity index (χ3v) is 8.31. The van der Waals surface area contributed by atoms with Crippen LogP contribution < -0.4 is 14.8 Å². The van der Waals surface area contributed by atoms with Crippen molar-refractivity contribution in [1.29, 1.82) is 0 Å². The summed E-state index contributed by atoms with van der Waals surface area (Å²) < 4.78 is 10.8. The molecule has 0 atom stereocenters. The lowest BCUT2D eigenvalue weighted by Gasteiger charge is -2.40. The highest BCUT2D eigenvalue weighted by atomic mass is 16.5. The number of methoxy groups -OCH3 is 2. The first-order chi connectivity index (χ1) is 22.1. The van der Waals surface area contributed by atoms with Crippen LogP contribution >= 0.6 is 0 Å². The second kappa shape index (κ2) is 15.8. The number of hydrogen-bond donors (Lipinski definition) is 1. The van der Waals surface area contributed by atoms with Gasteiger partial charge in [-0.2, -0.15) is 0 Å². The van der Waals surface area contributed by atoms with Gasteiger partial charge in [-0.3, -0.25) is 9.69 Å². The molecule has 1 heterocycles. The molecule has 0 spiro atoms. The summed E-state index contributed by atoms with van der Waals surface area (Å²) in [6.45, 7) is 3.63. The first-order valence-corrected chi connectivity index (χ1v) is 15.5. The second-order valence-corrected chi connectivity index (χ2v) is 11.1. The van der Waals surface area contributed by atoms with Crippen molar-refractivity contribution >= 4 is 17.6 Å². The van der Waals surface area contributed by atoms with E-state index in [0.29, 0.717) is 49.8 Å². The number of ether oxygens (including phenoxy) is 2. The van der Waals surface area contributed by atoms with Gasteiger partial charge in [0.1, 0.15) is 11.5 Å². The van der Waals surface area contributed by atoms with Gasteiger partial charge in [-0.05, 0) is 35.2 Å². The number of rotatable bonds is 12. The third-order valence-electron chi connectivity index (χ3n) is 8.31. The molecule has 45 heavy (non-hydrogen) atoms. The maximum Gasteiger partial charge on any atom is 0.321 e. The molecular weight excluding hydrogens is 564 g/mol. The maximum atomic E-state index is 13.5. The van der Waals surface area contributed by atoms with Crippen LogP contribution in [-0.2, 0) is 11.2 Å². The molecule has 4 aromatic rings. The summed E-state index contributed by atoms with van der Waals surface area (Å²) in [6, 6.07) is 36.3. The summed E-state index contributed by atoms with van der Waals surface area (Å²) in [5, 5.41) is 2.98. The van der Waals surface area contributed by atoms with Crippen molar-refractivity contribution in [3.8, 4) is 11.5 Å². The Morgan fingerprint density at radius 3 is 1.93 bits per heavy atom. The minimum atomic E-state index is -0.277. The average Bonchev–Trinajstić information content (AvgIpc) is 3.10. The number of hydrogen-bond acceptors (Lipinski definition) is 5. The molecule has 0 bridgehead atoms. The molecule has 0 aromatic heterocycles. The van der Waals surface area contributed by atoms with Crippen LogP contribution in [0.2, 0.25) is 0 Å². The zero-order valence-electron chi connectivity index (χ0n) is 26.1. The van der Waals surface area contributed by atoms with Crippen LogP contribution in [0.1, 0.15) is 29.2 Å². The lowest BCUT2D eigenvalue weighted by atomic mass is 9.96. The number of benzene rings is 4. The van der Waals surface area contributed by atoms with Crippen molar-refractivity contribution in [1.82, 2.24) is 14.7 Å². The van der Waals surface area contributed by atoms with Crippen molar-refractivity contribution < 1.29 is 19.1 Å². The molecule has 0 saturated carbocycles. The van der Waals surface area contributed by atoms with Gasteiger partial charge >= 0.3 is 6.03 Å². The molecule has 8 nitrogen and oxygen atoms in total. The summed E-state index contributed by atoms with van der Waals surface area (Å²) in [5.74, 6) is 1.20. The Hall–Kier alpha value is -4.82. The highest BCUT2D eigenvalue weighted by Crippen LogP contribution is 2.30. The van der Waals surface area contributed by atoms with E-state index < -0.39 is 0 Å². The van der Waals surface area contributed by atoms with E-state index in [1.165, 1.54) is 11.1 Å². The fourth-order valence-electron chi connectivity index (χ4n) is 5.82. The largest absolute Gasteiger partial charge is 0.497 e. The van der Waals surface area contributed by atoms with E-state index in [2.05, 4.69) is 58.7 Å². The van der Waals surface area contributed by atoms with Gasteiger partial charge in [0, 0.05) is 51.8 Å². The Kier molecular flexibility index (Phi) is 11.1. The van der Waals surface area contributed by atoms with Crippen molar-refractivity contribution in [2.24, 2.45) is 0 Å². The van der Waals surface area contributed by atoms with E-state index in [1.54, 1.807) is 37.3 Å². The summed E-state index contributed by atoms with van der Waals surface area (Å²) in [7, 11) is 3.14. The van der Waals surface area contributed by atoms with Crippen molar-refractivity contribution in [3.63, 3.8) is 0 Å². The van der Waals surface area contributed by atoms with Gasteiger partial charge < -0.3 is 24.6 Å². The number of nitrogens with one attached hydrogen (secondary N) is 1. The molecule has 234 valence electrons. The van der Waals surface area contributed by atoms with E-state index in [9.17, 15) is 9.59 Å². The van der Waals surface area contributed by atoms with Crippen LogP contribution in [0.5, 0.6) is 11.5 Å². The number of amides is 3. The molecule has 0 radical (unpaired) electrons. The van der Waals surface area contributed by atoms with Gasteiger partial charge in [-0.1, -0.05) is 91.0 Å². The zero-order valence-corrected chi connectivity index (χ0v) is 26.1. The summed E-state index contributed by atoms with van der Waals surface area (Å²) >= 11 is 0. The molecule has 8 heteroatoms. The highest BCUT2D eigenvalue weighted by molar-refractivity contribution is 5.91. The first kappa shape index (κ1) is 31.6. The number of anilines is 1. The quantitative estimate of drug-likeness (QED) is 0.211. The van der Waals surface area contributed by atoms with E-state index in [-0.39, 0.29) is 24.4 Å². The Morgan fingerprint density at radius 1 is 0.756 bits per heavy atom. The van der Waals surface area contributed by atoms with Gasteiger partial charge in [-0.25, -0.2) is 4.79 Å². The van der Waals surface area contributed by atoms with Gasteiger partial charge in [-0.15, -0.1) is 0 Å². The molecule has 5 rings (SSSR count). The van der Waals surface area contributed by atoms with E-state index in [1.807, 2.05) is 47.4 Å². The summed E-state index contributed by atoms with van der Waals surface area (Å²) in [6.07, 6.45) is 0.935. The van der Waals surface area contributed by atoms with Gasteiger partial charge in [0.25, 0.3) is 0 Å². The van der Waals surface area contributed by atoms with E-state index in [0.717, 1.165) is 18.7 Å². The molecule has 1 N–H and O–H groups in total. The normalized spacial score (nSPS) is 13.4. The van der Waals surface area contributed by atoms with Gasteiger partial charge in [0.2, 0.25) is 5.91 Å². The fourth-order valence-corrected chi connectivity index (χ4v) is 5.82. The molecular formula is C37H42N4O4. The predicted octanol–water partition coefficient (Wildman–Crippen LogP) is 6.10. The lowest BCUT2D eigenvalue weighted by Crippen LogP contribution is -2.50. The van der Waals surface area contributed by atoms with Crippen LogP contribution in [0, 0.1) is 0 Å². The van der Waals surface area contributed by atoms with Crippen LogP contribution in [0.3, 0.4) is 0 Å². The number of carbonyl (C=O) groups is 2. The Balaban J connectivity index is 1.22. The fraction of sp³-hybridized carbons (Fsp3) is 0.297. The minimum Gasteiger partial charge on any atom is -0.497 e. The van der Waals surface area contributed by atoms with Crippen LogP contribution in [-0.4, -0.2) is 80.1 Å². The first-order valence-electron chi connectivity index (χ1n) is 15.5. The standard InChI is InChI=1S/C37H42N4O4/c1-44-32-18-19-33(34(28-32)45-2)38-37(43)41(22-20-29-12-6-3-7-13-29)23-21-35(42)39-24-26-40(27-25-39)36(30-14-8-4-9-15-30)31-16-10-5-11-17-31/h3-19,28,36H,20-27H2,1-2H3,(H,38,43). The van der Waals surface area contributed by atoms with Crippen molar-refractivity contribution in [2.75, 3.05) is 58.8 Å². The molecule has 1 aliphatic rings. The number of nitrogens with zero attached hydrogens (tertiary/aromatic N) is 3. The highest BCUT2D eigenvalue weighted by Gasteiger charge is 2.28. The molecule has 1 fully saturated rings. The van der Waals surface area contributed by atoms with E-state index in [4.69, 9.17) is 9.47 Å². The van der Waals surface area contributed by atoms with Gasteiger partial charge in [0.15, 0.2) is 0 Å². The smallest absolute Gasteiger partial charge is 0.321 e. The summed E-state index contributed by atoms with van der Waals surface area (Å²) in [5.41, 5.74) is 4.17. The van der Waals surface area contributed by atoms with Crippen LogP contribution in [0.25, 0.3) is 0 Å². The van der Waals surface area contributed by atoms with Gasteiger partial charge in [0.05, 0.1) is 25.9 Å². The molecule has 1 saturated heterocycles. The van der Waals surface area contributed by atoms with Crippen molar-refractivity contribution in [2.45, 2.75) is 18.9 Å². The van der Waals surface area contributed by atoms with E-state index >= 15 is 0 Å². The Morgan fingerprint density at radius 2 is 1.36 bits per heavy atom. The average molecular weight is 607 g/mol. The monoisotopic (exact) mass is 606 g/mol. The SMILES string of the molecule is COc1ccc(NC(=O)N(CCC(=O)N2CCN(C(c3ccccc3)c3ccccc3)CC2)CCc2ccccc2)c(OC)c1. The van der Waals surface area contributed by atoms with Crippen molar-refractivity contribution in [3.05, 3.63) is 126 Å². The minimum absolute atomic E-state index is 0.0603. The molecule has 0 unspecified atom stereocenters. The topological polar surface area (TPSA) is 74.4 Å². The number of piperazine rings is 1. The van der Waals surface area contributed by atoms with Crippen LogP contribution in [0.4, 0.5) is 10.5 Å². The molecule has 4 aromatic carbocycles. The number of urea groups is 1. The third kappa shape index (κ3) is 8.42. The summed E-state index contributed by atoms with van der Waals surface area (Å²) in [4.78, 5) is 33.1. The lowest BCUT2D eigenvalue weighted by molar-refractivity contribution is -0.133. The predicted molar refractivity (Wildman–Crippen MR) is 178 cm³/mol. The Labute approximate surface area is 266 Å². The molecule has 0 aliphatic carbocycles. The number of carbonyl (C=O) groups excluding carboxylic acids is 2. The molecule has 3 amide bonds. The molecule has 1 aliphatic heterocycles. The second-order valence-electron chi connectivity index (χ2n) is 11.1. The van der Waals surface area contributed by atoms with Crippen LogP contribution in [0.15, 0.2) is 109 Å². The maximum absolute atomic E-state index is 13.5. The Bertz CT molecular complexity index is 1470.